The quantitative estimate of drug-likeness (QED) is 0.659. The first-order chi connectivity index (χ1) is 14.4. The molecule has 2 amide bonds. The van der Waals surface area contributed by atoms with E-state index in [0.717, 1.165) is 52.0 Å². The summed E-state index contributed by atoms with van der Waals surface area (Å²) in [7, 11) is 0. The van der Waals surface area contributed by atoms with E-state index in [4.69, 9.17) is 11.6 Å². The van der Waals surface area contributed by atoms with Crippen LogP contribution in [0.3, 0.4) is 0 Å². The first-order valence-electron chi connectivity index (χ1n) is 11.2. The fourth-order valence-corrected chi connectivity index (χ4v) is 6.85. The van der Waals surface area contributed by atoms with Gasteiger partial charge in [-0.3, -0.25) is 4.68 Å². The molecule has 0 unspecified atom stereocenters. The van der Waals surface area contributed by atoms with Crippen molar-refractivity contribution in [3.8, 4) is 0 Å². The molecule has 4 bridgehead atoms. The van der Waals surface area contributed by atoms with Gasteiger partial charge in [0.2, 0.25) is 0 Å². The lowest BCUT2D eigenvalue weighted by Crippen LogP contribution is -2.51. The van der Waals surface area contributed by atoms with E-state index in [1.807, 2.05) is 42.8 Å². The van der Waals surface area contributed by atoms with E-state index in [-0.39, 0.29) is 6.03 Å². The summed E-state index contributed by atoms with van der Waals surface area (Å²) in [4.78, 5) is 12.7. The summed E-state index contributed by atoms with van der Waals surface area (Å²) in [5.74, 6) is 2.70. The zero-order valence-electron chi connectivity index (χ0n) is 17.9. The average Bonchev–Trinajstić information content (AvgIpc) is 2.95. The lowest BCUT2D eigenvalue weighted by molar-refractivity contribution is -0.0496. The molecule has 0 aliphatic heterocycles. The molecule has 2 N–H and O–H groups in total. The van der Waals surface area contributed by atoms with Crippen molar-refractivity contribution in [2.45, 2.75) is 58.9 Å². The standard InChI is InChI=1S/C24H31ClN4O/c1-15-22(16(2)29(28-15)13-17-3-5-21(25)6-4-17)27-23(30)26-14-24-10-18-7-19(11-24)9-20(8-18)12-24/h3-6,18-20H,7-14H2,1-2H3,(H2,26,27,30). The predicted octanol–water partition coefficient (Wildman–Crippen LogP) is 5.54. The van der Waals surface area contributed by atoms with Crippen LogP contribution >= 0.6 is 11.6 Å². The van der Waals surface area contributed by atoms with Gasteiger partial charge in [-0.25, -0.2) is 4.79 Å². The fraction of sp³-hybridized carbons (Fsp3) is 0.583. The highest BCUT2D eigenvalue weighted by atomic mass is 35.5. The van der Waals surface area contributed by atoms with Crippen molar-refractivity contribution < 1.29 is 4.79 Å². The summed E-state index contributed by atoms with van der Waals surface area (Å²) >= 11 is 5.98. The van der Waals surface area contributed by atoms with Crippen LogP contribution in [0.1, 0.15) is 55.5 Å². The number of rotatable bonds is 5. The predicted molar refractivity (Wildman–Crippen MR) is 120 cm³/mol. The van der Waals surface area contributed by atoms with Crippen molar-refractivity contribution in [3.05, 3.63) is 46.2 Å². The summed E-state index contributed by atoms with van der Waals surface area (Å²) in [6, 6.07) is 7.68. The minimum atomic E-state index is -0.108. The van der Waals surface area contributed by atoms with Crippen molar-refractivity contribution in [2.75, 3.05) is 11.9 Å². The summed E-state index contributed by atoms with van der Waals surface area (Å²) in [5.41, 5.74) is 4.09. The van der Waals surface area contributed by atoms with E-state index in [0.29, 0.717) is 12.0 Å². The van der Waals surface area contributed by atoms with E-state index >= 15 is 0 Å². The Bertz CT molecular complexity index is 914. The number of hydrogen-bond donors (Lipinski definition) is 2. The Labute approximate surface area is 183 Å². The van der Waals surface area contributed by atoms with E-state index in [1.54, 1.807) is 0 Å². The maximum absolute atomic E-state index is 12.7. The average molecular weight is 427 g/mol. The van der Waals surface area contributed by atoms with Gasteiger partial charge in [0.05, 0.1) is 23.6 Å². The number of aromatic nitrogens is 2. The van der Waals surface area contributed by atoms with Crippen molar-refractivity contribution in [2.24, 2.45) is 23.2 Å². The number of carbonyl (C=O) groups excluding carboxylic acids is 1. The largest absolute Gasteiger partial charge is 0.337 e. The van der Waals surface area contributed by atoms with Crippen molar-refractivity contribution >= 4 is 23.3 Å². The molecule has 4 aliphatic carbocycles. The highest BCUT2D eigenvalue weighted by molar-refractivity contribution is 6.30. The molecule has 4 fully saturated rings. The Morgan fingerprint density at radius 2 is 1.70 bits per heavy atom. The van der Waals surface area contributed by atoms with Gasteiger partial charge in [0.1, 0.15) is 0 Å². The van der Waals surface area contributed by atoms with Crippen LogP contribution in [0, 0.1) is 37.0 Å². The summed E-state index contributed by atoms with van der Waals surface area (Å²) < 4.78 is 1.94. The van der Waals surface area contributed by atoms with Crippen LogP contribution in [0.2, 0.25) is 5.02 Å². The number of hydrogen-bond acceptors (Lipinski definition) is 2. The van der Waals surface area contributed by atoms with Gasteiger partial charge in [-0.15, -0.1) is 0 Å². The molecule has 1 aromatic carbocycles. The van der Waals surface area contributed by atoms with E-state index in [9.17, 15) is 4.79 Å². The number of halogens is 1. The van der Waals surface area contributed by atoms with Gasteiger partial charge in [-0.05, 0) is 93.2 Å². The molecule has 4 aliphatic rings. The maximum Gasteiger partial charge on any atom is 0.319 e. The Morgan fingerprint density at radius 3 is 2.30 bits per heavy atom. The molecule has 0 saturated heterocycles. The number of urea groups is 1. The minimum Gasteiger partial charge on any atom is -0.337 e. The molecule has 160 valence electrons. The van der Waals surface area contributed by atoms with Crippen LogP contribution in [0.5, 0.6) is 0 Å². The normalized spacial score (nSPS) is 29.2. The number of anilines is 1. The molecule has 5 nitrogen and oxygen atoms in total. The van der Waals surface area contributed by atoms with Gasteiger partial charge < -0.3 is 10.6 Å². The second-order valence-corrected chi connectivity index (χ2v) is 10.5. The van der Waals surface area contributed by atoms with Crippen molar-refractivity contribution in [1.29, 1.82) is 0 Å². The maximum atomic E-state index is 12.7. The van der Waals surface area contributed by atoms with Gasteiger partial charge in [-0.2, -0.15) is 5.10 Å². The molecule has 2 aromatic rings. The SMILES string of the molecule is Cc1nn(Cc2ccc(Cl)cc2)c(C)c1NC(=O)NCC12CC3CC(CC(C3)C1)C2. The molecule has 6 rings (SSSR count). The zero-order chi connectivity index (χ0) is 20.9. The Balaban J connectivity index is 1.22. The van der Waals surface area contributed by atoms with Gasteiger partial charge in [0.15, 0.2) is 0 Å². The third kappa shape index (κ3) is 3.84. The van der Waals surface area contributed by atoms with Gasteiger partial charge in [0.25, 0.3) is 0 Å². The van der Waals surface area contributed by atoms with Gasteiger partial charge in [-0.1, -0.05) is 23.7 Å². The third-order valence-electron chi connectivity index (χ3n) is 7.65. The number of amides is 2. The van der Waals surface area contributed by atoms with Crippen molar-refractivity contribution in [1.82, 2.24) is 15.1 Å². The monoisotopic (exact) mass is 426 g/mol. The Kier molecular flexibility index (Phi) is 5.04. The van der Waals surface area contributed by atoms with Crippen LogP contribution in [-0.2, 0) is 6.54 Å². The van der Waals surface area contributed by atoms with Crippen LogP contribution in [0.15, 0.2) is 24.3 Å². The molecule has 30 heavy (non-hydrogen) atoms. The highest BCUT2D eigenvalue weighted by Gasteiger charge is 2.50. The molecule has 0 atom stereocenters. The van der Waals surface area contributed by atoms with E-state index in [2.05, 4.69) is 15.7 Å². The zero-order valence-corrected chi connectivity index (χ0v) is 18.6. The van der Waals surface area contributed by atoms with Crippen LogP contribution in [-0.4, -0.2) is 22.4 Å². The third-order valence-corrected chi connectivity index (χ3v) is 7.91. The number of carbonyl (C=O) groups is 1. The summed E-state index contributed by atoms with van der Waals surface area (Å²) in [5, 5.41) is 11.6. The Hall–Kier alpha value is -2.01. The number of nitrogens with one attached hydrogen (secondary N) is 2. The number of nitrogens with zero attached hydrogens (tertiary/aromatic N) is 2. The molecule has 0 spiro atoms. The number of aryl methyl sites for hydroxylation is 1. The molecule has 1 heterocycles. The molecular formula is C24H31ClN4O. The van der Waals surface area contributed by atoms with Crippen molar-refractivity contribution in [3.63, 3.8) is 0 Å². The van der Waals surface area contributed by atoms with Crippen LogP contribution < -0.4 is 10.6 Å². The molecular weight excluding hydrogens is 396 g/mol. The summed E-state index contributed by atoms with van der Waals surface area (Å²) in [6.07, 6.45) is 8.19. The second kappa shape index (κ2) is 7.60. The first kappa shape index (κ1) is 19.9. The molecule has 1 aromatic heterocycles. The molecule has 6 heteroatoms. The topological polar surface area (TPSA) is 59.0 Å². The van der Waals surface area contributed by atoms with E-state index < -0.39 is 0 Å². The molecule has 0 radical (unpaired) electrons. The second-order valence-electron chi connectivity index (χ2n) is 10.1. The Morgan fingerprint density at radius 1 is 1.10 bits per heavy atom. The summed E-state index contributed by atoms with van der Waals surface area (Å²) in [6.45, 7) is 5.41. The molecule has 4 saturated carbocycles. The first-order valence-corrected chi connectivity index (χ1v) is 11.6. The lowest BCUT2D eigenvalue weighted by atomic mass is 9.49. The minimum absolute atomic E-state index is 0.108. The van der Waals surface area contributed by atoms with Crippen LogP contribution in [0.4, 0.5) is 10.5 Å². The lowest BCUT2D eigenvalue weighted by Gasteiger charge is -2.56. The number of benzene rings is 1. The smallest absolute Gasteiger partial charge is 0.319 e. The van der Waals surface area contributed by atoms with Gasteiger partial charge in [0, 0.05) is 11.6 Å². The highest BCUT2D eigenvalue weighted by Crippen LogP contribution is 2.59. The van der Waals surface area contributed by atoms with Crippen LogP contribution in [0.25, 0.3) is 0 Å². The van der Waals surface area contributed by atoms with Gasteiger partial charge >= 0.3 is 6.03 Å². The van der Waals surface area contributed by atoms with E-state index in [1.165, 1.54) is 38.5 Å². The fourth-order valence-electron chi connectivity index (χ4n) is 6.73.